The van der Waals surface area contributed by atoms with Crippen LogP contribution in [0.1, 0.15) is 57.2 Å². The van der Waals surface area contributed by atoms with Gasteiger partial charge in [0, 0.05) is 12.0 Å². The number of amides is 1. The summed E-state index contributed by atoms with van der Waals surface area (Å²) in [5.74, 6) is 1.45. The van der Waals surface area contributed by atoms with E-state index in [0.717, 1.165) is 36.1 Å². The van der Waals surface area contributed by atoms with E-state index in [-0.39, 0.29) is 17.6 Å². The Balaban J connectivity index is 1.74. The molecule has 2 aromatic rings. The van der Waals surface area contributed by atoms with Gasteiger partial charge in [0.2, 0.25) is 0 Å². The zero-order valence-electron chi connectivity index (χ0n) is 16.6. The van der Waals surface area contributed by atoms with Crippen molar-refractivity contribution in [1.29, 1.82) is 0 Å². The molecule has 0 aromatic heterocycles. The molecule has 144 valence electrons. The minimum Gasteiger partial charge on any atom is -0.487 e. The molecule has 0 saturated carbocycles. The number of aryl methyl sites for hydroxylation is 1. The predicted molar refractivity (Wildman–Crippen MR) is 107 cm³/mol. The first-order valence-corrected chi connectivity index (χ1v) is 9.78. The van der Waals surface area contributed by atoms with Crippen LogP contribution in [0.15, 0.2) is 48.5 Å². The van der Waals surface area contributed by atoms with E-state index in [2.05, 4.69) is 19.2 Å². The van der Waals surface area contributed by atoms with Gasteiger partial charge >= 0.3 is 0 Å². The lowest BCUT2D eigenvalue weighted by Gasteiger charge is -2.41. The van der Waals surface area contributed by atoms with Gasteiger partial charge in [0.25, 0.3) is 5.91 Å². The highest BCUT2D eigenvalue weighted by Crippen LogP contribution is 2.42. The van der Waals surface area contributed by atoms with Gasteiger partial charge in [0.1, 0.15) is 17.1 Å². The van der Waals surface area contributed by atoms with E-state index in [1.165, 1.54) is 0 Å². The summed E-state index contributed by atoms with van der Waals surface area (Å²) in [5, 5.41) is 3.19. The van der Waals surface area contributed by atoms with E-state index >= 15 is 0 Å². The van der Waals surface area contributed by atoms with E-state index in [4.69, 9.17) is 9.47 Å². The maximum atomic E-state index is 12.8. The number of hydrogen-bond acceptors (Lipinski definition) is 3. The van der Waals surface area contributed by atoms with Crippen LogP contribution in [0.5, 0.6) is 11.5 Å². The van der Waals surface area contributed by atoms with Gasteiger partial charge < -0.3 is 14.8 Å². The Bertz CT molecular complexity index is 780. The number of hydrogen-bond donors (Lipinski definition) is 1. The molecule has 0 unspecified atom stereocenters. The van der Waals surface area contributed by atoms with Gasteiger partial charge in [0.15, 0.2) is 6.10 Å². The van der Waals surface area contributed by atoms with Crippen molar-refractivity contribution in [1.82, 2.24) is 5.32 Å². The Labute approximate surface area is 161 Å². The fourth-order valence-electron chi connectivity index (χ4n) is 3.59. The maximum Gasteiger partial charge on any atom is 0.261 e. The van der Waals surface area contributed by atoms with E-state index in [1.54, 1.807) is 6.92 Å². The number of rotatable bonds is 6. The number of fused-ring (bicyclic) bond motifs is 1. The second-order valence-corrected chi connectivity index (χ2v) is 7.37. The SMILES string of the molecule is CCC1(CC)C[C@H](NC(=O)[C@@H](C)Oc2ccc(C)cc2)c2ccccc2O1. The molecule has 4 nitrogen and oxygen atoms in total. The summed E-state index contributed by atoms with van der Waals surface area (Å²) >= 11 is 0. The maximum absolute atomic E-state index is 12.8. The summed E-state index contributed by atoms with van der Waals surface area (Å²) in [6.07, 6.45) is 2.00. The molecule has 1 heterocycles. The standard InChI is InChI=1S/C23H29NO3/c1-5-23(6-2)15-20(19-9-7-8-10-21(19)27-23)24-22(25)17(4)26-18-13-11-16(3)12-14-18/h7-14,17,20H,5-6,15H2,1-4H3,(H,24,25)/t17-,20+/m1/s1. The van der Waals surface area contributed by atoms with Crippen LogP contribution in [0.25, 0.3) is 0 Å². The first-order valence-electron chi connectivity index (χ1n) is 9.78. The van der Waals surface area contributed by atoms with E-state index in [9.17, 15) is 4.79 Å². The van der Waals surface area contributed by atoms with Crippen LogP contribution in [-0.2, 0) is 4.79 Å². The number of carbonyl (C=O) groups excluding carboxylic acids is 1. The van der Waals surface area contributed by atoms with Crippen molar-refractivity contribution >= 4 is 5.91 Å². The predicted octanol–water partition coefficient (Wildman–Crippen LogP) is 4.96. The van der Waals surface area contributed by atoms with Gasteiger partial charge in [-0.15, -0.1) is 0 Å². The summed E-state index contributed by atoms with van der Waals surface area (Å²) in [4.78, 5) is 12.8. The van der Waals surface area contributed by atoms with Gasteiger partial charge in [-0.3, -0.25) is 4.79 Å². The van der Waals surface area contributed by atoms with Crippen molar-refractivity contribution in [2.45, 2.75) is 64.7 Å². The Morgan fingerprint density at radius 3 is 2.52 bits per heavy atom. The van der Waals surface area contributed by atoms with Crippen LogP contribution in [0.3, 0.4) is 0 Å². The number of para-hydroxylation sites is 1. The van der Waals surface area contributed by atoms with Crippen molar-refractivity contribution in [3.8, 4) is 11.5 Å². The van der Waals surface area contributed by atoms with E-state index < -0.39 is 6.10 Å². The minimum atomic E-state index is -0.569. The largest absolute Gasteiger partial charge is 0.487 e. The molecule has 0 spiro atoms. The molecule has 1 aliphatic rings. The van der Waals surface area contributed by atoms with Gasteiger partial charge in [-0.1, -0.05) is 49.7 Å². The fraction of sp³-hybridized carbons (Fsp3) is 0.435. The molecule has 2 aromatic carbocycles. The highest BCUT2D eigenvalue weighted by molar-refractivity contribution is 5.81. The third-order valence-corrected chi connectivity index (χ3v) is 5.51. The first kappa shape index (κ1) is 19.3. The zero-order valence-corrected chi connectivity index (χ0v) is 16.6. The average Bonchev–Trinajstić information content (AvgIpc) is 2.69. The van der Waals surface area contributed by atoms with Gasteiger partial charge in [0.05, 0.1) is 6.04 Å². The smallest absolute Gasteiger partial charge is 0.261 e. The molecule has 2 atom stereocenters. The van der Waals surface area contributed by atoms with Crippen molar-refractivity contribution in [3.05, 3.63) is 59.7 Å². The topological polar surface area (TPSA) is 47.6 Å². The van der Waals surface area contributed by atoms with Crippen molar-refractivity contribution in [2.24, 2.45) is 0 Å². The number of carbonyl (C=O) groups is 1. The van der Waals surface area contributed by atoms with Crippen LogP contribution in [0.2, 0.25) is 0 Å². The van der Waals surface area contributed by atoms with Crippen molar-refractivity contribution < 1.29 is 14.3 Å². The molecule has 1 N–H and O–H groups in total. The monoisotopic (exact) mass is 367 g/mol. The highest BCUT2D eigenvalue weighted by atomic mass is 16.5. The molecule has 0 bridgehead atoms. The molecule has 0 fully saturated rings. The molecule has 0 radical (unpaired) electrons. The molecule has 1 aliphatic heterocycles. The average molecular weight is 367 g/mol. The van der Waals surface area contributed by atoms with Gasteiger partial charge in [-0.2, -0.15) is 0 Å². The molecule has 3 rings (SSSR count). The second-order valence-electron chi connectivity index (χ2n) is 7.37. The molecule has 0 aliphatic carbocycles. The molecular formula is C23H29NO3. The van der Waals surface area contributed by atoms with Gasteiger partial charge in [-0.25, -0.2) is 0 Å². The third kappa shape index (κ3) is 4.26. The van der Waals surface area contributed by atoms with E-state index in [1.807, 2.05) is 55.5 Å². The third-order valence-electron chi connectivity index (χ3n) is 5.51. The van der Waals surface area contributed by atoms with Crippen LogP contribution in [-0.4, -0.2) is 17.6 Å². The van der Waals surface area contributed by atoms with E-state index in [0.29, 0.717) is 5.75 Å². The number of nitrogens with one attached hydrogen (secondary N) is 1. The Morgan fingerprint density at radius 1 is 1.19 bits per heavy atom. The number of ether oxygens (including phenoxy) is 2. The Kier molecular flexibility index (Phi) is 5.73. The lowest BCUT2D eigenvalue weighted by molar-refractivity contribution is -0.128. The zero-order chi connectivity index (χ0) is 19.4. The lowest BCUT2D eigenvalue weighted by atomic mass is 9.83. The van der Waals surface area contributed by atoms with Gasteiger partial charge in [-0.05, 0) is 44.9 Å². The second kappa shape index (κ2) is 8.03. The molecule has 27 heavy (non-hydrogen) atoms. The quantitative estimate of drug-likeness (QED) is 0.785. The highest BCUT2D eigenvalue weighted by Gasteiger charge is 2.39. The molecule has 1 amide bonds. The molecular weight excluding hydrogens is 338 g/mol. The molecule has 4 heteroatoms. The minimum absolute atomic E-state index is 0.0774. The van der Waals surface area contributed by atoms with Crippen LogP contribution in [0.4, 0.5) is 0 Å². The summed E-state index contributed by atoms with van der Waals surface area (Å²) in [5.41, 5.74) is 1.95. The van der Waals surface area contributed by atoms with Crippen LogP contribution in [0, 0.1) is 6.92 Å². The van der Waals surface area contributed by atoms with Crippen molar-refractivity contribution in [2.75, 3.05) is 0 Å². The van der Waals surface area contributed by atoms with Crippen LogP contribution >= 0.6 is 0 Å². The summed E-state index contributed by atoms with van der Waals surface area (Å²) in [6, 6.07) is 15.6. The normalized spacial score (nSPS) is 18.7. The summed E-state index contributed by atoms with van der Waals surface area (Å²) < 4.78 is 12.1. The molecule has 0 saturated heterocycles. The fourth-order valence-corrected chi connectivity index (χ4v) is 3.59. The van der Waals surface area contributed by atoms with Crippen LogP contribution < -0.4 is 14.8 Å². The van der Waals surface area contributed by atoms with Crippen molar-refractivity contribution in [3.63, 3.8) is 0 Å². The summed E-state index contributed by atoms with van der Waals surface area (Å²) in [6.45, 7) is 8.09. The Hall–Kier alpha value is -2.49. The summed E-state index contributed by atoms with van der Waals surface area (Å²) in [7, 11) is 0. The Morgan fingerprint density at radius 2 is 1.85 bits per heavy atom. The lowest BCUT2D eigenvalue weighted by Crippen LogP contribution is -2.46. The first-order chi connectivity index (χ1) is 13.0. The number of benzene rings is 2.